The number of aliphatic hydroxyl groups excluding tert-OH is 1. The quantitative estimate of drug-likeness (QED) is 0.776. The van der Waals surface area contributed by atoms with Crippen LogP contribution in [-0.2, 0) is 10.2 Å². The first kappa shape index (κ1) is 15.2. The highest BCUT2D eigenvalue weighted by Gasteiger charge is 2.38. The van der Waals surface area contributed by atoms with Crippen LogP contribution in [0, 0.1) is 0 Å². The van der Waals surface area contributed by atoms with Gasteiger partial charge in [0.2, 0.25) is 0 Å². The zero-order valence-electron chi connectivity index (χ0n) is 11.8. The lowest BCUT2D eigenvalue weighted by Gasteiger charge is -2.42. The van der Waals surface area contributed by atoms with E-state index in [2.05, 4.69) is 4.90 Å². The number of piperidine rings is 1. The van der Waals surface area contributed by atoms with Crippen LogP contribution in [0.5, 0.6) is 0 Å². The SMILES string of the molecule is CC1CN(S(=O)(=O)N2CCCCC2CO)CCN1C. The Labute approximate surface area is 116 Å². The Morgan fingerprint density at radius 1 is 1.21 bits per heavy atom. The van der Waals surface area contributed by atoms with Gasteiger partial charge in [0.15, 0.2) is 0 Å². The molecule has 1 N–H and O–H groups in total. The molecule has 0 aromatic rings. The molecule has 2 aliphatic rings. The second-order valence-electron chi connectivity index (χ2n) is 5.64. The Kier molecular flexibility index (Phi) is 4.84. The summed E-state index contributed by atoms with van der Waals surface area (Å²) < 4.78 is 28.5. The van der Waals surface area contributed by atoms with Crippen LogP contribution in [0.1, 0.15) is 26.2 Å². The number of nitrogens with zero attached hydrogens (tertiary/aromatic N) is 3. The van der Waals surface area contributed by atoms with Gasteiger partial charge in [-0.2, -0.15) is 17.0 Å². The van der Waals surface area contributed by atoms with Crippen molar-refractivity contribution >= 4 is 10.2 Å². The molecule has 6 nitrogen and oxygen atoms in total. The predicted octanol–water partition coefficient (Wildman–Crippen LogP) is -0.286. The fourth-order valence-electron chi connectivity index (χ4n) is 2.83. The third-order valence-corrected chi connectivity index (χ3v) is 6.39. The van der Waals surface area contributed by atoms with Crippen LogP contribution in [0.25, 0.3) is 0 Å². The predicted molar refractivity (Wildman–Crippen MR) is 74.0 cm³/mol. The van der Waals surface area contributed by atoms with E-state index in [0.717, 1.165) is 25.8 Å². The standard InChI is InChI=1S/C12H25N3O3S/c1-11-9-14(8-7-13(11)2)19(17,18)15-6-4-3-5-12(15)10-16/h11-12,16H,3-10H2,1-2H3. The Morgan fingerprint density at radius 2 is 1.95 bits per heavy atom. The van der Waals surface area contributed by atoms with Gasteiger partial charge in [0.05, 0.1) is 6.61 Å². The molecule has 0 aromatic heterocycles. The molecule has 0 spiro atoms. The second kappa shape index (κ2) is 6.05. The summed E-state index contributed by atoms with van der Waals surface area (Å²) in [6.07, 6.45) is 2.65. The zero-order chi connectivity index (χ0) is 14.0. The van der Waals surface area contributed by atoms with Gasteiger partial charge in [-0.1, -0.05) is 6.42 Å². The first-order valence-electron chi connectivity index (χ1n) is 7.05. The van der Waals surface area contributed by atoms with Crippen molar-refractivity contribution in [1.82, 2.24) is 13.5 Å². The molecule has 2 saturated heterocycles. The van der Waals surface area contributed by atoms with Crippen molar-refractivity contribution in [1.29, 1.82) is 0 Å². The Balaban J connectivity index is 2.12. The van der Waals surface area contributed by atoms with Crippen LogP contribution in [0.2, 0.25) is 0 Å². The first-order chi connectivity index (χ1) is 8.96. The van der Waals surface area contributed by atoms with Gasteiger partial charge in [0.1, 0.15) is 0 Å². The maximum absolute atomic E-state index is 12.7. The minimum absolute atomic E-state index is 0.0808. The Morgan fingerprint density at radius 3 is 2.58 bits per heavy atom. The molecule has 0 amide bonds. The highest BCUT2D eigenvalue weighted by Crippen LogP contribution is 2.23. The van der Waals surface area contributed by atoms with Crippen molar-refractivity contribution in [3.05, 3.63) is 0 Å². The molecule has 2 fully saturated rings. The lowest BCUT2D eigenvalue weighted by Crippen LogP contribution is -2.58. The molecule has 2 heterocycles. The van der Waals surface area contributed by atoms with E-state index in [0.29, 0.717) is 19.6 Å². The van der Waals surface area contributed by atoms with E-state index in [1.807, 2.05) is 14.0 Å². The molecule has 112 valence electrons. The van der Waals surface area contributed by atoms with Gasteiger partial charge < -0.3 is 10.0 Å². The lowest BCUT2D eigenvalue weighted by atomic mass is 10.1. The summed E-state index contributed by atoms with van der Waals surface area (Å²) in [5.41, 5.74) is 0. The first-order valence-corrected chi connectivity index (χ1v) is 8.44. The third-order valence-electron chi connectivity index (χ3n) is 4.33. The fraction of sp³-hybridized carbons (Fsp3) is 1.00. The monoisotopic (exact) mass is 291 g/mol. The molecular weight excluding hydrogens is 266 g/mol. The largest absolute Gasteiger partial charge is 0.395 e. The zero-order valence-corrected chi connectivity index (χ0v) is 12.6. The molecule has 0 aliphatic carbocycles. The molecule has 19 heavy (non-hydrogen) atoms. The van der Waals surface area contributed by atoms with E-state index in [1.54, 1.807) is 4.31 Å². The molecule has 0 bridgehead atoms. The number of hydrogen-bond acceptors (Lipinski definition) is 4. The maximum atomic E-state index is 12.7. The van der Waals surface area contributed by atoms with Crippen molar-refractivity contribution in [3.63, 3.8) is 0 Å². The van der Waals surface area contributed by atoms with E-state index in [9.17, 15) is 13.5 Å². The Bertz CT molecular complexity index is 401. The molecule has 2 aliphatic heterocycles. The van der Waals surface area contributed by atoms with Gasteiger partial charge in [-0.3, -0.25) is 0 Å². The summed E-state index contributed by atoms with van der Waals surface area (Å²) in [4.78, 5) is 2.17. The van der Waals surface area contributed by atoms with Crippen molar-refractivity contribution in [2.45, 2.75) is 38.3 Å². The highest BCUT2D eigenvalue weighted by molar-refractivity contribution is 7.86. The molecule has 7 heteroatoms. The number of piperazine rings is 1. The van der Waals surface area contributed by atoms with Gasteiger partial charge in [-0.05, 0) is 26.8 Å². The smallest absolute Gasteiger partial charge is 0.282 e. The van der Waals surface area contributed by atoms with E-state index < -0.39 is 10.2 Å². The molecule has 2 atom stereocenters. The minimum atomic E-state index is -3.42. The summed E-state index contributed by atoms with van der Waals surface area (Å²) >= 11 is 0. The number of aliphatic hydroxyl groups is 1. The molecule has 2 rings (SSSR count). The van der Waals surface area contributed by atoms with Crippen molar-refractivity contribution < 1.29 is 13.5 Å². The molecule has 0 radical (unpaired) electrons. The molecule has 0 saturated carbocycles. The number of hydrogen-bond donors (Lipinski definition) is 1. The van der Waals surface area contributed by atoms with Crippen molar-refractivity contribution in [2.24, 2.45) is 0 Å². The maximum Gasteiger partial charge on any atom is 0.282 e. The van der Waals surface area contributed by atoms with E-state index in [1.165, 1.54) is 4.31 Å². The average molecular weight is 291 g/mol. The fourth-order valence-corrected chi connectivity index (χ4v) is 4.75. The minimum Gasteiger partial charge on any atom is -0.395 e. The van der Waals surface area contributed by atoms with E-state index in [-0.39, 0.29) is 18.7 Å². The topological polar surface area (TPSA) is 64.1 Å². The Hall–Kier alpha value is -0.210. The van der Waals surface area contributed by atoms with Gasteiger partial charge in [0, 0.05) is 38.3 Å². The van der Waals surface area contributed by atoms with Gasteiger partial charge in [-0.25, -0.2) is 0 Å². The van der Waals surface area contributed by atoms with Crippen LogP contribution in [0.3, 0.4) is 0 Å². The van der Waals surface area contributed by atoms with Crippen LogP contribution >= 0.6 is 0 Å². The summed E-state index contributed by atoms with van der Waals surface area (Å²) in [6.45, 7) is 4.33. The van der Waals surface area contributed by atoms with Gasteiger partial charge in [0.25, 0.3) is 10.2 Å². The van der Waals surface area contributed by atoms with Crippen LogP contribution < -0.4 is 0 Å². The molecule has 0 aromatic carbocycles. The normalized spacial score (nSPS) is 32.6. The van der Waals surface area contributed by atoms with E-state index in [4.69, 9.17) is 0 Å². The average Bonchev–Trinajstić information content (AvgIpc) is 2.41. The van der Waals surface area contributed by atoms with Gasteiger partial charge in [-0.15, -0.1) is 0 Å². The van der Waals surface area contributed by atoms with Crippen LogP contribution in [-0.4, -0.2) is 79.0 Å². The summed E-state index contributed by atoms with van der Waals surface area (Å²) in [7, 11) is -1.40. The van der Waals surface area contributed by atoms with Crippen molar-refractivity contribution in [2.75, 3.05) is 39.8 Å². The van der Waals surface area contributed by atoms with Crippen LogP contribution in [0.4, 0.5) is 0 Å². The molecular formula is C12H25N3O3S. The van der Waals surface area contributed by atoms with Crippen molar-refractivity contribution in [3.8, 4) is 0 Å². The number of likely N-dealkylation sites (N-methyl/N-ethyl adjacent to an activating group) is 1. The summed E-state index contributed by atoms with van der Waals surface area (Å²) in [5.74, 6) is 0. The lowest BCUT2D eigenvalue weighted by molar-refractivity contribution is 0.126. The summed E-state index contributed by atoms with van der Waals surface area (Å²) in [6, 6.07) is -0.00500. The third kappa shape index (κ3) is 3.11. The highest BCUT2D eigenvalue weighted by atomic mass is 32.2. The summed E-state index contributed by atoms with van der Waals surface area (Å²) in [5, 5.41) is 9.38. The van der Waals surface area contributed by atoms with Gasteiger partial charge >= 0.3 is 0 Å². The second-order valence-corrected chi connectivity index (χ2v) is 7.52. The van der Waals surface area contributed by atoms with Crippen LogP contribution in [0.15, 0.2) is 0 Å². The number of rotatable bonds is 3. The van der Waals surface area contributed by atoms with E-state index >= 15 is 0 Å². The molecule has 2 unspecified atom stereocenters.